The van der Waals surface area contributed by atoms with Crippen LogP contribution in [-0.2, 0) is 4.79 Å². The second-order valence-electron chi connectivity index (χ2n) is 3.01. The molecule has 0 N–H and O–H groups in total. The van der Waals surface area contributed by atoms with Gasteiger partial charge in [-0.25, -0.2) is 0 Å². The van der Waals surface area contributed by atoms with Crippen LogP contribution in [0.3, 0.4) is 0 Å². The zero-order valence-corrected chi connectivity index (χ0v) is 12.7. The Hall–Kier alpha value is -0.110. The first-order chi connectivity index (χ1) is 6.97. The third kappa shape index (κ3) is 2.93. The van der Waals surface area contributed by atoms with Crippen LogP contribution in [0.15, 0.2) is 12.6 Å². The number of carbonyl (C=O) groups excluding carboxylic acids is 1. The highest BCUT2D eigenvalue weighted by Gasteiger charge is 2.13. The molecule has 1 rings (SSSR count). The second-order valence-corrected chi connectivity index (χ2v) is 5.33. The van der Waals surface area contributed by atoms with Gasteiger partial charge in [0.2, 0.25) is 0 Å². The maximum Gasteiger partial charge on any atom is 0.308 e. The van der Waals surface area contributed by atoms with Crippen molar-refractivity contribution in [3.05, 3.63) is 30.9 Å². The number of esters is 1. The Labute approximate surface area is 116 Å². The molecule has 0 aliphatic carbocycles. The lowest BCUT2D eigenvalue weighted by atomic mass is 10.1. The standard InChI is InChI=1S/C11H10I2O2/c1-4-8-6(2)9(12)5-10(13)11(8)15-7(3)14/h4-5H,1H2,2-3H3. The summed E-state index contributed by atoms with van der Waals surface area (Å²) >= 11 is 4.41. The van der Waals surface area contributed by atoms with Gasteiger partial charge in [-0.1, -0.05) is 12.7 Å². The highest BCUT2D eigenvalue weighted by molar-refractivity contribution is 14.1. The monoisotopic (exact) mass is 428 g/mol. The van der Waals surface area contributed by atoms with Crippen molar-refractivity contribution in [2.75, 3.05) is 0 Å². The minimum Gasteiger partial charge on any atom is -0.425 e. The van der Waals surface area contributed by atoms with Gasteiger partial charge in [-0.2, -0.15) is 0 Å². The van der Waals surface area contributed by atoms with Crippen LogP contribution in [0.1, 0.15) is 18.1 Å². The lowest BCUT2D eigenvalue weighted by Crippen LogP contribution is -2.06. The molecule has 0 fully saturated rings. The molecule has 0 atom stereocenters. The number of hydrogen-bond acceptors (Lipinski definition) is 2. The van der Waals surface area contributed by atoms with Crippen molar-refractivity contribution in [2.45, 2.75) is 13.8 Å². The van der Waals surface area contributed by atoms with Crippen molar-refractivity contribution in [3.8, 4) is 5.75 Å². The van der Waals surface area contributed by atoms with E-state index < -0.39 is 0 Å². The average Bonchev–Trinajstić information content (AvgIpc) is 2.14. The Balaban J connectivity index is 3.41. The fourth-order valence-electron chi connectivity index (χ4n) is 1.21. The van der Waals surface area contributed by atoms with Crippen LogP contribution in [0.2, 0.25) is 0 Å². The first-order valence-corrected chi connectivity index (χ1v) is 6.42. The lowest BCUT2D eigenvalue weighted by molar-refractivity contribution is -0.131. The summed E-state index contributed by atoms with van der Waals surface area (Å²) in [5, 5.41) is 0. The second kappa shape index (κ2) is 5.29. The molecular weight excluding hydrogens is 418 g/mol. The molecule has 0 unspecified atom stereocenters. The molecule has 80 valence electrons. The summed E-state index contributed by atoms with van der Waals surface area (Å²) in [7, 11) is 0. The molecule has 0 heterocycles. The van der Waals surface area contributed by atoms with Crippen LogP contribution in [0.5, 0.6) is 5.75 Å². The van der Waals surface area contributed by atoms with Gasteiger partial charge in [0.15, 0.2) is 5.75 Å². The van der Waals surface area contributed by atoms with Gasteiger partial charge in [0.1, 0.15) is 0 Å². The number of rotatable bonds is 2. The first-order valence-electron chi connectivity index (χ1n) is 4.26. The zero-order valence-electron chi connectivity index (χ0n) is 8.43. The lowest BCUT2D eigenvalue weighted by Gasteiger charge is -2.12. The van der Waals surface area contributed by atoms with E-state index >= 15 is 0 Å². The topological polar surface area (TPSA) is 26.3 Å². The fraction of sp³-hybridized carbons (Fsp3) is 0.182. The molecule has 0 spiro atoms. The van der Waals surface area contributed by atoms with E-state index in [-0.39, 0.29) is 5.97 Å². The Morgan fingerprint density at radius 3 is 2.53 bits per heavy atom. The molecule has 0 radical (unpaired) electrons. The Bertz CT molecular complexity index is 425. The van der Waals surface area contributed by atoms with E-state index in [2.05, 4.69) is 51.8 Å². The van der Waals surface area contributed by atoms with Crippen molar-refractivity contribution in [3.63, 3.8) is 0 Å². The van der Waals surface area contributed by atoms with Crippen LogP contribution in [0.4, 0.5) is 0 Å². The van der Waals surface area contributed by atoms with Crippen molar-refractivity contribution in [1.82, 2.24) is 0 Å². The molecule has 0 saturated heterocycles. The summed E-state index contributed by atoms with van der Waals surface area (Å²) in [6, 6.07) is 1.99. The summed E-state index contributed by atoms with van der Waals surface area (Å²) in [6.07, 6.45) is 1.72. The number of ether oxygens (including phenoxy) is 1. The molecule has 0 aliphatic rings. The molecule has 0 aromatic heterocycles. The largest absolute Gasteiger partial charge is 0.425 e. The van der Waals surface area contributed by atoms with Crippen LogP contribution in [0.25, 0.3) is 6.08 Å². The van der Waals surface area contributed by atoms with Gasteiger partial charge in [0.25, 0.3) is 0 Å². The van der Waals surface area contributed by atoms with E-state index in [1.54, 1.807) is 6.08 Å². The molecule has 1 aromatic carbocycles. The van der Waals surface area contributed by atoms with Crippen molar-refractivity contribution < 1.29 is 9.53 Å². The molecule has 0 amide bonds. The summed E-state index contributed by atoms with van der Waals surface area (Å²) in [5.74, 6) is 0.299. The number of halogens is 2. The normalized spacial score (nSPS) is 9.87. The Kier molecular flexibility index (Phi) is 4.57. The van der Waals surface area contributed by atoms with E-state index in [1.165, 1.54) is 6.92 Å². The molecule has 0 saturated carbocycles. The van der Waals surface area contributed by atoms with E-state index in [9.17, 15) is 4.79 Å². The number of carbonyl (C=O) groups is 1. The van der Waals surface area contributed by atoms with Gasteiger partial charge in [0, 0.05) is 16.1 Å². The molecule has 15 heavy (non-hydrogen) atoms. The minimum absolute atomic E-state index is 0.309. The molecule has 0 aliphatic heterocycles. The predicted octanol–water partition coefficient (Wildman–Crippen LogP) is 3.77. The quantitative estimate of drug-likeness (QED) is 0.408. The van der Waals surface area contributed by atoms with E-state index in [0.29, 0.717) is 5.75 Å². The van der Waals surface area contributed by atoms with Crippen LogP contribution < -0.4 is 4.74 Å². The van der Waals surface area contributed by atoms with Gasteiger partial charge >= 0.3 is 5.97 Å². The van der Waals surface area contributed by atoms with Gasteiger partial charge in [-0.3, -0.25) is 4.79 Å². The average molecular weight is 428 g/mol. The van der Waals surface area contributed by atoms with E-state index in [1.807, 2.05) is 13.0 Å². The van der Waals surface area contributed by atoms with Crippen molar-refractivity contribution in [1.29, 1.82) is 0 Å². The first kappa shape index (κ1) is 13.0. The molecular formula is C11H10I2O2. The van der Waals surface area contributed by atoms with Gasteiger partial charge in [-0.15, -0.1) is 0 Å². The fourth-order valence-corrected chi connectivity index (χ4v) is 3.12. The molecule has 0 bridgehead atoms. The zero-order chi connectivity index (χ0) is 11.6. The number of benzene rings is 1. The smallest absolute Gasteiger partial charge is 0.308 e. The third-order valence-corrected chi connectivity index (χ3v) is 3.85. The van der Waals surface area contributed by atoms with Gasteiger partial charge in [-0.05, 0) is 63.7 Å². The molecule has 4 heteroatoms. The maximum absolute atomic E-state index is 11.0. The Morgan fingerprint density at radius 1 is 1.47 bits per heavy atom. The third-order valence-electron chi connectivity index (χ3n) is 1.93. The van der Waals surface area contributed by atoms with Crippen molar-refractivity contribution in [2.24, 2.45) is 0 Å². The predicted molar refractivity (Wildman–Crippen MR) is 78.0 cm³/mol. The van der Waals surface area contributed by atoms with E-state index in [0.717, 1.165) is 18.3 Å². The van der Waals surface area contributed by atoms with Crippen LogP contribution >= 0.6 is 45.2 Å². The van der Waals surface area contributed by atoms with E-state index in [4.69, 9.17) is 4.74 Å². The summed E-state index contributed by atoms with van der Waals surface area (Å²) in [6.45, 7) is 7.13. The summed E-state index contributed by atoms with van der Waals surface area (Å²) in [5.41, 5.74) is 1.98. The number of hydrogen-bond donors (Lipinski definition) is 0. The van der Waals surface area contributed by atoms with Crippen molar-refractivity contribution >= 4 is 57.2 Å². The highest BCUT2D eigenvalue weighted by Crippen LogP contribution is 2.32. The SMILES string of the molecule is C=Cc1c(C)c(I)cc(I)c1OC(C)=O. The van der Waals surface area contributed by atoms with Gasteiger partial charge in [0.05, 0.1) is 3.57 Å². The maximum atomic E-state index is 11.0. The summed E-state index contributed by atoms with van der Waals surface area (Å²) < 4.78 is 7.25. The summed E-state index contributed by atoms with van der Waals surface area (Å²) in [4.78, 5) is 11.0. The molecule has 2 nitrogen and oxygen atoms in total. The van der Waals surface area contributed by atoms with Crippen LogP contribution in [0, 0.1) is 14.1 Å². The Morgan fingerprint density at radius 2 is 2.07 bits per heavy atom. The van der Waals surface area contributed by atoms with Crippen LogP contribution in [-0.4, -0.2) is 5.97 Å². The van der Waals surface area contributed by atoms with Gasteiger partial charge < -0.3 is 4.74 Å². The molecule has 1 aromatic rings. The minimum atomic E-state index is -0.309. The highest BCUT2D eigenvalue weighted by atomic mass is 127.